The van der Waals surface area contributed by atoms with Gasteiger partial charge in [-0.2, -0.15) is 0 Å². The third-order valence-electron chi connectivity index (χ3n) is 7.74. The lowest BCUT2D eigenvalue weighted by Crippen LogP contribution is -2.39. The highest BCUT2D eigenvalue weighted by Gasteiger charge is 2.43. The summed E-state index contributed by atoms with van der Waals surface area (Å²) in [4.78, 5) is 29.2. The molecule has 2 aliphatic carbocycles. The summed E-state index contributed by atoms with van der Waals surface area (Å²) in [6, 6.07) is 11.0. The van der Waals surface area contributed by atoms with Crippen LogP contribution in [0.25, 0.3) is 0 Å². The van der Waals surface area contributed by atoms with Gasteiger partial charge in [0.05, 0.1) is 7.11 Å². The van der Waals surface area contributed by atoms with Gasteiger partial charge in [-0.1, -0.05) is 35.3 Å². The molecule has 5 rings (SSSR count). The molecule has 39 heavy (non-hydrogen) atoms. The normalized spacial score (nSPS) is 17.9. The number of benzene rings is 2. The number of methoxy groups -OCH3 is 2. The van der Waals surface area contributed by atoms with E-state index < -0.39 is 5.92 Å². The summed E-state index contributed by atoms with van der Waals surface area (Å²) in [5.74, 6) is 0.940. The number of allylic oxidation sites excluding steroid dienone is 4. The van der Waals surface area contributed by atoms with Gasteiger partial charge in [0.1, 0.15) is 6.61 Å². The molecule has 8 heteroatoms. The maximum atomic E-state index is 13.5. The second-order valence-corrected chi connectivity index (χ2v) is 11.0. The number of hydrogen-bond donors (Lipinski definition) is 0. The zero-order valence-corrected chi connectivity index (χ0v) is 23.9. The van der Waals surface area contributed by atoms with Crippen LogP contribution in [0.1, 0.15) is 62.0 Å². The third kappa shape index (κ3) is 5.60. The average molecular weight is 571 g/mol. The number of hydrogen-bond acceptors (Lipinski definition) is 6. The minimum Gasteiger partial charge on any atom is -0.493 e. The van der Waals surface area contributed by atoms with Crippen LogP contribution in [0.15, 0.2) is 58.9 Å². The minimum absolute atomic E-state index is 0.125. The summed E-state index contributed by atoms with van der Waals surface area (Å²) in [5, 5.41) is 1.09. The monoisotopic (exact) mass is 569 g/mol. The van der Waals surface area contributed by atoms with Crippen molar-refractivity contribution in [2.75, 3.05) is 27.4 Å². The van der Waals surface area contributed by atoms with Crippen LogP contribution < -0.4 is 9.47 Å². The van der Waals surface area contributed by atoms with Crippen molar-refractivity contribution in [1.82, 2.24) is 4.90 Å². The maximum Gasteiger partial charge on any atom is 0.161 e. The lowest BCUT2D eigenvalue weighted by molar-refractivity contribution is -0.117. The molecule has 0 radical (unpaired) electrons. The fraction of sp³-hybridized carbons (Fsp3) is 0.419. The Kier molecular flexibility index (Phi) is 8.65. The molecule has 0 atom stereocenters. The van der Waals surface area contributed by atoms with Gasteiger partial charge in [-0.25, -0.2) is 0 Å². The van der Waals surface area contributed by atoms with E-state index in [1.807, 2.05) is 24.3 Å². The summed E-state index contributed by atoms with van der Waals surface area (Å²) < 4.78 is 17.1. The number of ketones is 2. The van der Waals surface area contributed by atoms with E-state index in [1.54, 1.807) is 26.4 Å². The summed E-state index contributed by atoms with van der Waals surface area (Å²) in [5.41, 5.74) is 5.33. The van der Waals surface area contributed by atoms with Crippen molar-refractivity contribution in [2.24, 2.45) is 0 Å². The number of ether oxygens (including phenoxy) is 3. The first-order valence-electron chi connectivity index (χ1n) is 13.5. The summed E-state index contributed by atoms with van der Waals surface area (Å²) in [6.45, 7) is 1.61. The Labute approximate surface area is 239 Å². The fourth-order valence-electron chi connectivity index (χ4n) is 5.96. The van der Waals surface area contributed by atoms with Crippen molar-refractivity contribution >= 4 is 34.8 Å². The van der Waals surface area contributed by atoms with E-state index in [0.29, 0.717) is 41.0 Å². The number of carbonyl (C=O) groups is 2. The summed E-state index contributed by atoms with van der Waals surface area (Å²) in [6.07, 6.45) is 5.13. The van der Waals surface area contributed by atoms with Crippen LogP contribution in [0.2, 0.25) is 10.0 Å². The molecule has 6 nitrogen and oxygen atoms in total. The molecule has 0 aromatic heterocycles. The Morgan fingerprint density at radius 2 is 1.56 bits per heavy atom. The van der Waals surface area contributed by atoms with E-state index in [-0.39, 0.29) is 18.2 Å². The van der Waals surface area contributed by atoms with Gasteiger partial charge in [0.2, 0.25) is 0 Å². The Morgan fingerprint density at radius 1 is 0.872 bits per heavy atom. The Balaban J connectivity index is 1.53. The van der Waals surface area contributed by atoms with Crippen molar-refractivity contribution in [2.45, 2.75) is 57.5 Å². The smallest absolute Gasteiger partial charge is 0.161 e. The Bertz CT molecular complexity index is 1300. The molecule has 2 aromatic carbocycles. The molecule has 2 aromatic rings. The molecule has 0 N–H and O–H groups in total. The van der Waals surface area contributed by atoms with E-state index in [2.05, 4.69) is 4.90 Å². The first kappa shape index (κ1) is 27.8. The zero-order chi connectivity index (χ0) is 27.5. The number of Topliss-reactive ketones (excluding diaryl/α,β-unsaturated/α-hetero) is 2. The number of nitrogens with zero attached hydrogens (tertiary/aromatic N) is 1. The van der Waals surface area contributed by atoms with Crippen LogP contribution in [0.4, 0.5) is 0 Å². The maximum absolute atomic E-state index is 13.5. The van der Waals surface area contributed by atoms with Crippen molar-refractivity contribution in [3.8, 4) is 11.5 Å². The average Bonchev–Trinajstić information content (AvgIpc) is 2.93. The fourth-order valence-corrected chi connectivity index (χ4v) is 6.43. The number of halogens is 2. The molecule has 0 fully saturated rings. The highest BCUT2D eigenvalue weighted by atomic mass is 35.5. The van der Waals surface area contributed by atoms with Gasteiger partial charge in [-0.3, -0.25) is 9.59 Å². The molecule has 1 aliphatic heterocycles. The molecule has 0 bridgehead atoms. The van der Waals surface area contributed by atoms with Crippen LogP contribution in [0.3, 0.4) is 0 Å². The first-order valence-corrected chi connectivity index (χ1v) is 14.2. The van der Waals surface area contributed by atoms with Gasteiger partial charge in [-0.15, -0.1) is 0 Å². The standard InChI is InChI=1S/C31H33Cl2NO5/c1-37-15-5-14-34-23-6-3-8-25(35)30(23)29(31-24(34)7-4-9-26(31)36)19-11-13-27(28(16-19)38-2)39-18-20-10-12-21(32)17-22(20)33/h10-13,16-17,29H,3-9,14-15,18H2,1-2H3. The van der Waals surface area contributed by atoms with E-state index in [1.165, 1.54) is 0 Å². The van der Waals surface area contributed by atoms with Gasteiger partial charge < -0.3 is 19.1 Å². The van der Waals surface area contributed by atoms with Crippen molar-refractivity contribution < 1.29 is 23.8 Å². The van der Waals surface area contributed by atoms with Crippen molar-refractivity contribution in [3.63, 3.8) is 0 Å². The van der Waals surface area contributed by atoms with Crippen LogP contribution in [0, 0.1) is 0 Å². The predicted molar refractivity (Wildman–Crippen MR) is 151 cm³/mol. The topological polar surface area (TPSA) is 65.1 Å². The molecule has 206 valence electrons. The van der Waals surface area contributed by atoms with E-state index in [9.17, 15) is 9.59 Å². The van der Waals surface area contributed by atoms with Crippen molar-refractivity contribution in [3.05, 3.63) is 80.1 Å². The van der Waals surface area contributed by atoms with Crippen molar-refractivity contribution in [1.29, 1.82) is 0 Å². The van der Waals surface area contributed by atoms with E-state index >= 15 is 0 Å². The minimum atomic E-state index is -0.400. The number of carbonyl (C=O) groups excluding carboxylic acids is 2. The molecule has 0 saturated carbocycles. The van der Waals surface area contributed by atoms with E-state index in [4.69, 9.17) is 37.4 Å². The third-order valence-corrected chi connectivity index (χ3v) is 8.32. The zero-order valence-electron chi connectivity index (χ0n) is 22.4. The first-order chi connectivity index (χ1) is 18.9. The lowest BCUT2D eigenvalue weighted by Gasteiger charge is -2.44. The van der Waals surface area contributed by atoms with Gasteiger partial charge in [-0.05, 0) is 61.9 Å². The quantitative estimate of drug-likeness (QED) is 0.302. The summed E-state index contributed by atoms with van der Waals surface area (Å²) in [7, 11) is 3.29. The van der Waals surface area contributed by atoms with Gasteiger partial charge >= 0.3 is 0 Å². The second kappa shape index (κ2) is 12.2. The Morgan fingerprint density at radius 3 is 2.18 bits per heavy atom. The van der Waals surface area contributed by atoms with Gasteiger partial charge in [0, 0.05) is 77.2 Å². The molecular weight excluding hydrogens is 537 g/mol. The van der Waals surface area contributed by atoms with Crippen LogP contribution in [0.5, 0.6) is 11.5 Å². The molecule has 0 saturated heterocycles. The molecular formula is C31H33Cl2NO5. The second-order valence-electron chi connectivity index (χ2n) is 10.1. The SMILES string of the molecule is COCCCN1C2=C(C(=O)CCC2)C(c2ccc(OCc3ccc(Cl)cc3Cl)c(OC)c2)C2=C1CCCC2=O. The van der Waals surface area contributed by atoms with Gasteiger partial charge in [0.15, 0.2) is 23.1 Å². The number of rotatable bonds is 9. The highest BCUT2D eigenvalue weighted by molar-refractivity contribution is 6.35. The summed E-state index contributed by atoms with van der Waals surface area (Å²) >= 11 is 12.3. The highest BCUT2D eigenvalue weighted by Crippen LogP contribution is 2.50. The lowest BCUT2D eigenvalue weighted by atomic mass is 9.71. The van der Waals surface area contributed by atoms with E-state index in [0.717, 1.165) is 72.3 Å². The predicted octanol–water partition coefficient (Wildman–Crippen LogP) is 7.03. The molecule has 0 amide bonds. The molecule has 3 aliphatic rings. The van der Waals surface area contributed by atoms with Crippen LogP contribution in [-0.4, -0.2) is 43.8 Å². The van der Waals surface area contributed by atoms with Crippen LogP contribution in [-0.2, 0) is 20.9 Å². The molecule has 0 spiro atoms. The molecule has 0 unspecified atom stereocenters. The molecule has 1 heterocycles. The van der Waals surface area contributed by atoms with Crippen LogP contribution >= 0.6 is 23.2 Å². The largest absolute Gasteiger partial charge is 0.493 e. The van der Waals surface area contributed by atoms with Gasteiger partial charge in [0.25, 0.3) is 0 Å². The Hall–Kier alpha value is -2.80.